The van der Waals surface area contributed by atoms with Crippen molar-refractivity contribution in [3.63, 3.8) is 0 Å². The van der Waals surface area contributed by atoms with Gasteiger partial charge < -0.3 is 10.8 Å². The second-order valence-corrected chi connectivity index (χ2v) is 4.21. The fraction of sp³-hybridized carbons (Fsp3) is 0.900. The standard InChI is InChI=1S/C10H21NO2/c1-7(2)4-5-8(3)9(11)6-10(12)13/h7-9H,4-6,11H2,1-3H3,(H,12,13)/t8-,9-/m1/s1. The van der Waals surface area contributed by atoms with E-state index in [1.807, 2.05) is 6.92 Å². The number of carboxylic acid groups (broad SMARTS) is 1. The highest BCUT2D eigenvalue weighted by Crippen LogP contribution is 2.15. The third-order valence-corrected chi connectivity index (χ3v) is 2.34. The summed E-state index contributed by atoms with van der Waals surface area (Å²) >= 11 is 0. The normalized spacial score (nSPS) is 15.8. The van der Waals surface area contributed by atoms with Crippen molar-refractivity contribution < 1.29 is 9.90 Å². The van der Waals surface area contributed by atoms with Crippen LogP contribution >= 0.6 is 0 Å². The fourth-order valence-electron chi connectivity index (χ4n) is 1.21. The Labute approximate surface area is 80.3 Å². The Morgan fingerprint density at radius 3 is 2.23 bits per heavy atom. The van der Waals surface area contributed by atoms with Gasteiger partial charge in [-0.25, -0.2) is 0 Å². The zero-order chi connectivity index (χ0) is 10.4. The number of hydrogen-bond acceptors (Lipinski definition) is 2. The van der Waals surface area contributed by atoms with E-state index >= 15 is 0 Å². The molecule has 0 aromatic rings. The zero-order valence-corrected chi connectivity index (χ0v) is 8.79. The molecule has 0 bridgehead atoms. The van der Waals surface area contributed by atoms with Crippen LogP contribution in [0.25, 0.3) is 0 Å². The molecule has 0 radical (unpaired) electrons. The van der Waals surface area contributed by atoms with E-state index in [1.54, 1.807) is 0 Å². The summed E-state index contributed by atoms with van der Waals surface area (Å²) in [6.45, 7) is 6.35. The Kier molecular flexibility index (Phi) is 5.71. The van der Waals surface area contributed by atoms with Crippen LogP contribution in [0.15, 0.2) is 0 Å². The number of nitrogens with two attached hydrogens (primary N) is 1. The summed E-state index contributed by atoms with van der Waals surface area (Å²) in [6, 6.07) is -0.198. The lowest BCUT2D eigenvalue weighted by atomic mass is 9.92. The molecular formula is C10H21NO2. The first-order valence-electron chi connectivity index (χ1n) is 4.90. The molecule has 0 unspecified atom stereocenters. The maximum Gasteiger partial charge on any atom is 0.304 e. The van der Waals surface area contributed by atoms with Crippen molar-refractivity contribution in [3.8, 4) is 0 Å². The van der Waals surface area contributed by atoms with E-state index in [0.29, 0.717) is 11.8 Å². The second-order valence-electron chi connectivity index (χ2n) is 4.21. The van der Waals surface area contributed by atoms with E-state index in [4.69, 9.17) is 10.8 Å². The SMILES string of the molecule is CC(C)CC[C@@H](C)[C@H](N)CC(=O)O. The maximum absolute atomic E-state index is 10.4. The van der Waals surface area contributed by atoms with Crippen molar-refractivity contribution in [2.45, 2.75) is 46.1 Å². The highest BCUT2D eigenvalue weighted by Gasteiger charge is 2.15. The molecule has 3 heteroatoms. The first kappa shape index (κ1) is 12.4. The molecule has 0 aliphatic heterocycles. The monoisotopic (exact) mass is 187 g/mol. The summed E-state index contributed by atoms with van der Waals surface area (Å²) in [5.41, 5.74) is 5.72. The molecular weight excluding hydrogens is 166 g/mol. The van der Waals surface area contributed by atoms with Crippen LogP contribution in [0, 0.1) is 11.8 Å². The molecule has 2 atom stereocenters. The summed E-state index contributed by atoms with van der Waals surface area (Å²) < 4.78 is 0. The zero-order valence-electron chi connectivity index (χ0n) is 8.79. The molecule has 0 aliphatic carbocycles. The molecule has 0 amide bonds. The molecule has 13 heavy (non-hydrogen) atoms. The van der Waals surface area contributed by atoms with Crippen LogP contribution in [-0.4, -0.2) is 17.1 Å². The third-order valence-electron chi connectivity index (χ3n) is 2.34. The summed E-state index contributed by atoms with van der Waals surface area (Å²) in [5, 5.41) is 8.53. The molecule has 0 aromatic heterocycles. The van der Waals surface area contributed by atoms with Crippen LogP contribution in [0.4, 0.5) is 0 Å². The lowest BCUT2D eigenvalue weighted by Crippen LogP contribution is -2.31. The van der Waals surface area contributed by atoms with E-state index < -0.39 is 5.97 Å². The predicted molar refractivity (Wildman–Crippen MR) is 53.5 cm³/mol. The van der Waals surface area contributed by atoms with Gasteiger partial charge in [0, 0.05) is 6.04 Å². The van der Waals surface area contributed by atoms with Crippen LogP contribution in [0.5, 0.6) is 0 Å². The lowest BCUT2D eigenvalue weighted by molar-refractivity contribution is -0.137. The van der Waals surface area contributed by atoms with Gasteiger partial charge in [-0.1, -0.05) is 27.2 Å². The Morgan fingerprint density at radius 2 is 1.85 bits per heavy atom. The Bertz CT molecular complexity index is 157. The second kappa shape index (κ2) is 5.97. The maximum atomic E-state index is 10.4. The largest absolute Gasteiger partial charge is 0.481 e. The molecule has 0 aliphatic rings. The van der Waals surface area contributed by atoms with Crippen LogP contribution in [0.2, 0.25) is 0 Å². The number of carbonyl (C=O) groups is 1. The first-order chi connectivity index (χ1) is 5.93. The van der Waals surface area contributed by atoms with Crippen molar-refractivity contribution >= 4 is 5.97 Å². The molecule has 3 N–H and O–H groups in total. The van der Waals surface area contributed by atoms with Gasteiger partial charge >= 0.3 is 5.97 Å². The minimum absolute atomic E-state index is 0.0826. The van der Waals surface area contributed by atoms with Crippen molar-refractivity contribution in [2.75, 3.05) is 0 Å². The van der Waals surface area contributed by atoms with Crippen molar-refractivity contribution in [1.82, 2.24) is 0 Å². The van der Waals surface area contributed by atoms with Crippen molar-refractivity contribution in [1.29, 1.82) is 0 Å². The van der Waals surface area contributed by atoms with E-state index in [1.165, 1.54) is 0 Å². The molecule has 78 valence electrons. The van der Waals surface area contributed by atoms with Gasteiger partial charge in [0.1, 0.15) is 0 Å². The molecule has 0 rings (SSSR count). The van der Waals surface area contributed by atoms with Gasteiger partial charge in [-0.3, -0.25) is 4.79 Å². The molecule has 0 saturated heterocycles. The van der Waals surface area contributed by atoms with Gasteiger partial charge in [0.2, 0.25) is 0 Å². The first-order valence-corrected chi connectivity index (χ1v) is 4.90. The predicted octanol–water partition coefficient (Wildman–Crippen LogP) is 1.86. The van der Waals surface area contributed by atoms with E-state index in [2.05, 4.69) is 13.8 Å². The summed E-state index contributed by atoms with van der Waals surface area (Å²) in [6.07, 6.45) is 2.22. The number of hydrogen-bond donors (Lipinski definition) is 2. The molecule has 0 saturated carbocycles. The summed E-state index contributed by atoms with van der Waals surface area (Å²) in [5.74, 6) is 0.168. The third kappa shape index (κ3) is 6.58. The van der Waals surface area contributed by atoms with Crippen LogP contribution in [-0.2, 0) is 4.79 Å². The molecule has 0 spiro atoms. The average molecular weight is 187 g/mol. The summed E-state index contributed by atoms with van der Waals surface area (Å²) in [4.78, 5) is 10.4. The quantitative estimate of drug-likeness (QED) is 0.667. The highest BCUT2D eigenvalue weighted by molar-refractivity contribution is 5.67. The van der Waals surface area contributed by atoms with Gasteiger partial charge in [0.05, 0.1) is 6.42 Å². The Hall–Kier alpha value is -0.570. The number of carboxylic acids is 1. The highest BCUT2D eigenvalue weighted by atomic mass is 16.4. The average Bonchev–Trinajstić information content (AvgIpc) is 1.98. The van der Waals surface area contributed by atoms with E-state index in [0.717, 1.165) is 12.8 Å². The van der Waals surface area contributed by atoms with Crippen LogP contribution < -0.4 is 5.73 Å². The van der Waals surface area contributed by atoms with E-state index in [-0.39, 0.29) is 12.5 Å². The number of aliphatic carboxylic acids is 1. The molecule has 0 heterocycles. The molecule has 0 fully saturated rings. The fourth-order valence-corrected chi connectivity index (χ4v) is 1.21. The minimum atomic E-state index is -0.802. The van der Waals surface area contributed by atoms with Crippen LogP contribution in [0.3, 0.4) is 0 Å². The Morgan fingerprint density at radius 1 is 1.31 bits per heavy atom. The van der Waals surface area contributed by atoms with Gasteiger partial charge in [-0.15, -0.1) is 0 Å². The van der Waals surface area contributed by atoms with Crippen molar-refractivity contribution in [3.05, 3.63) is 0 Å². The van der Waals surface area contributed by atoms with Gasteiger partial charge in [-0.2, -0.15) is 0 Å². The van der Waals surface area contributed by atoms with Gasteiger partial charge in [-0.05, 0) is 18.3 Å². The molecule has 0 aromatic carbocycles. The van der Waals surface area contributed by atoms with Crippen LogP contribution in [0.1, 0.15) is 40.0 Å². The summed E-state index contributed by atoms with van der Waals surface area (Å²) in [7, 11) is 0. The smallest absolute Gasteiger partial charge is 0.304 e. The minimum Gasteiger partial charge on any atom is -0.481 e. The van der Waals surface area contributed by atoms with E-state index in [9.17, 15) is 4.79 Å². The van der Waals surface area contributed by atoms with Crippen molar-refractivity contribution in [2.24, 2.45) is 17.6 Å². The topological polar surface area (TPSA) is 63.3 Å². The number of rotatable bonds is 6. The van der Waals surface area contributed by atoms with Gasteiger partial charge in [0.25, 0.3) is 0 Å². The van der Waals surface area contributed by atoms with Gasteiger partial charge in [0.15, 0.2) is 0 Å². The Balaban J connectivity index is 3.68. The lowest BCUT2D eigenvalue weighted by Gasteiger charge is -2.18. The molecule has 3 nitrogen and oxygen atoms in total.